The monoisotopic (exact) mass is 456 g/mol. The Kier molecular flexibility index (Phi) is 8.71. The van der Waals surface area contributed by atoms with Crippen LogP contribution in [0.2, 0.25) is 5.15 Å². The number of imidazole rings is 1. The molecule has 0 aliphatic heterocycles. The fourth-order valence-corrected chi connectivity index (χ4v) is 3.73. The van der Waals surface area contributed by atoms with Crippen molar-refractivity contribution in [2.45, 2.75) is 45.4 Å². The topological polar surface area (TPSA) is 62.6 Å². The van der Waals surface area contributed by atoms with E-state index in [9.17, 15) is 4.79 Å². The van der Waals surface area contributed by atoms with Gasteiger partial charge in [0.15, 0.2) is 5.15 Å². The van der Waals surface area contributed by atoms with E-state index in [1.165, 1.54) is 7.11 Å². The summed E-state index contributed by atoms with van der Waals surface area (Å²) < 4.78 is 18.4. The van der Waals surface area contributed by atoms with Gasteiger partial charge in [0.25, 0.3) is 0 Å². The maximum absolute atomic E-state index is 12.3. The number of carbonyl (C=O) groups excluding carboxylic acids is 1. The molecule has 3 rings (SSSR count). The van der Waals surface area contributed by atoms with Gasteiger partial charge in [-0.25, -0.2) is 9.78 Å². The van der Waals surface area contributed by atoms with E-state index in [-0.39, 0.29) is 0 Å². The van der Waals surface area contributed by atoms with E-state index in [4.69, 9.17) is 25.8 Å². The fraction of sp³-hybridized carbons (Fsp3) is 0.360. The fourth-order valence-electron chi connectivity index (χ4n) is 3.47. The Morgan fingerprint density at radius 2 is 1.81 bits per heavy atom. The summed E-state index contributed by atoms with van der Waals surface area (Å²) in [5.74, 6) is 1.09. The lowest BCUT2D eigenvalue weighted by atomic mass is 10.1. The van der Waals surface area contributed by atoms with Crippen LogP contribution in [0, 0.1) is 0 Å². The lowest BCUT2D eigenvalue weighted by Crippen LogP contribution is -2.20. The van der Waals surface area contributed by atoms with Crippen LogP contribution in [0.5, 0.6) is 5.75 Å². The van der Waals surface area contributed by atoms with Gasteiger partial charge in [-0.15, -0.1) is 0 Å². The number of methoxy groups -OCH3 is 2. The second-order valence-corrected chi connectivity index (χ2v) is 7.82. The first-order valence-electron chi connectivity index (χ1n) is 10.7. The first-order chi connectivity index (χ1) is 15.6. The molecule has 0 amide bonds. The Labute approximate surface area is 194 Å². The Balaban J connectivity index is 1.79. The van der Waals surface area contributed by atoms with E-state index >= 15 is 0 Å². The van der Waals surface area contributed by atoms with Gasteiger partial charge in [-0.05, 0) is 24.1 Å². The van der Waals surface area contributed by atoms with Crippen molar-refractivity contribution in [3.05, 3.63) is 82.4 Å². The number of aromatic nitrogens is 2. The molecule has 0 radical (unpaired) electrons. The van der Waals surface area contributed by atoms with Crippen LogP contribution in [0.4, 0.5) is 0 Å². The molecule has 1 aromatic heterocycles. The van der Waals surface area contributed by atoms with Crippen molar-refractivity contribution < 1.29 is 19.0 Å². The van der Waals surface area contributed by atoms with Crippen molar-refractivity contribution in [3.63, 3.8) is 0 Å². The van der Waals surface area contributed by atoms with Crippen LogP contribution in [-0.2, 0) is 33.8 Å². The van der Waals surface area contributed by atoms with E-state index in [0.717, 1.165) is 41.9 Å². The SMILES string of the molecule is CCCCc1nc(Cl)c(COC)n1Cc1ccc(OC(C(=O)OC)c2ccccc2)cc1. The first-order valence-corrected chi connectivity index (χ1v) is 11.1. The van der Waals surface area contributed by atoms with Gasteiger partial charge in [0, 0.05) is 25.6 Å². The zero-order chi connectivity index (χ0) is 22.9. The normalized spacial score (nSPS) is 11.9. The largest absolute Gasteiger partial charge is 0.474 e. The zero-order valence-corrected chi connectivity index (χ0v) is 19.5. The summed E-state index contributed by atoms with van der Waals surface area (Å²) in [6, 6.07) is 17.0. The summed E-state index contributed by atoms with van der Waals surface area (Å²) in [7, 11) is 3.00. The lowest BCUT2D eigenvalue weighted by molar-refractivity contribution is -0.149. The molecule has 32 heavy (non-hydrogen) atoms. The predicted octanol–water partition coefficient (Wildman–Crippen LogP) is 5.37. The van der Waals surface area contributed by atoms with Crippen molar-refractivity contribution in [2.24, 2.45) is 0 Å². The van der Waals surface area contributed by atoms with E-state index in [2.05, 4.69) is 16.5 Å². The average Bonchev–Trinajstić information content (AvgIpc) is 3.11. The Morgan fingerprint density at radius 3 is 2.44 bits per heavy atom. The molecule has 1 unspecified atom stereocenters. The third-order valence-electron chi connectivity index (χ3n) is 5.17. The highest BCUT2D eigenvalue weighted by atomic mass is 35.5. The van der Waals surface area contributed by atoms with Crippen molar-refractivity contribution in [3.8, 4) is 5.75 Å². The van der Waals surface area contributed by atoms with Crippen LogP contribution in [0.3, 0.4) is 0 Å². The number of benzene rings is 2. The molecule has 3 aromatic rings. The number of rotatable bonds is 11. The molecular formula is C25H29ClN2O4. The molecule has 6 nitrogen and oxygen atoms in total. The van der Waals surface area contributed by atoms with E-state index in [0.29, 0.717) is 24.1 Å². The summed E-state index contributed by atoms with van der Waals surface area (Å²) in [4.78, 5) is 16.8. The second-order valence-electron chi connectivity index (χ2n) is 7.46. The highest BCUT2D eigenvalue weighted by Gasteiger charge is 2.23. The van der Waals surface area contributed by atoms with E-state index in [1.54, 1.807) is 7.11 Å². The van der Waals surface area contributed by atoms with E-state index < -0.39 is 12.1 Å². The predicted molar refractivity (Wildman–Crippen MR) is 124 cm³/mol. The summed E-state index contributed by atoms with van der Waals surface area (Å²) >= 11 is 6.38. The highest BCUT2D eigenvalue weighted by Crippen LogP contribution is 2.25. The number of hydrogen-bond acceptors (Lipinski definition) is 5. The van der Waals surface area contributed by atoms with Crippen LogP contribution < -0.4 is 4.74 Å². The molecule has 0 saturated heterocycles. The number of unbranched alkanes of at least 4 members (excludes halogenated alkanes) is 1. The minimum absolute atomic E-state index is 0.400. The van der Waals surface area contributed by atoms with Crippen molar-refractivity contribution in [2.75, 3.05) is 14.2 Å². The van der Waals surface area contributed by atoms with Gasteiger partial charge in [0.1, 0.15) is 11.6 Å². The van der Waals surface area contributed by atoms with Gasteiger partial charge in [-0.3, -0.25) is 0 Å². The van der Waals surface area contributed by atoms with Crippen LogP contribution in [0.15, 0.2) is 54.6 Å². The third-order valence-corrected chi connectivity index (χ3v) is 5.48. The smallest absolute Gasteiger partial charge is 0.351 e. The summed E-state index contributed by atoms with van der Waals surface area (Å²) in [6.07, 6.45) is 2.16. The maximum atomic E-state index is 12.3. The minimum Gasteiger partial charge on any atom is -0.474 e. The molecule has 0 aliphatic rings. The summed E-state index contributed by atoms with van der Waals surface area (Å²) in [5, 5.41) is 0.488. The first kappa shape index (κ1) is 23.8. The molecule has 0 N–H and O–H groups in total. The van der Waals surface area contributed by atoms with Crippen LogP contribution >= 0.6 is 11.6 Å². The molecule has 0 fully saturated rings. The van der Waals surface area contributed by atoms with Gasteiger partial charge in [-0.1, -0.05) is 67.4 Å². The average molecular weight is 457 g/mol. The van der Waals surface area contributed by atoms with Gasteiger partial charge in [-0.2, -0.15) is 0 Å². The molecule has 2 aromatic carbocycles. The minimum atomic E-state index is -0.826. The van der Waals surface area contributed by atoms with Crippen molar-refractivity contribution >= 4 is 17.6 Å². The number of hydrogen-bond donors (Lipinski definition) is 0. The summed E-state index contributed by atoms with van der Waals surface area (Å²) in [5.41, 5.74) is 2.67. The second kappa shape index (κ2) is 11.7. The molecular weight excluding hydrogens is 428 g/mol. The molecule has 0 bridgehead atoms. The molecule has 1 heterocycles. The molecule has 0 saturated carbocycles. The number of halogens is 1. The number of ether oxygens (including phenoxy) is 3. The maximum Gasteiger partial charge on any atom is 0.351 e. The van der Waals surface area contributed by atoms with Crippen LogP contribution in [0.25, 0.3) is 0 Å². The Bertz CT molecular complexity index is 1000. The van der Waals surface area contributed by atoms with Crippen molar-refractivity contribution in [1.82, 2.24) is 9.55 Å². The van der Waals surface area contributed by atoms with Gasteiger partial charge >= 0.3 is 5.97 Å². The highest BCUT2D eigenvalue weighted by molar-refractivity contribution is 6.30. The third kappa shape index (κ3) is 5.90. The molecule has 1 atom stereocenters. The number of aryl methyl sites for hydroxylation is 1. The van der Waals surface area contributed by atoms with Gasteiger partial charge in [0.05, 0.1) is 19.4 Å². The summed E-state index contributed by atoms with van der Waals surface area (Å²) in [6.45, 7) is 3.18. The van der Waals surface area contributed by atoms with Crippen molar-refractivity contribution in [1.29, 1.82) is 0 Å². The number of esters is 1. The Morgan fingerprint density at radius 1 is 1.09 bits per heavy atom. The van der Waals surface area contributed by atoms with Gasteiger partial charge < -0.3 is 18.8 Å². The molecule has 7 heteroatoms. The van der Waals surface area contributed by atoms with E-state index in [1.807, 2.05) is 54.6 Å². The molecule has 170 valence electrons. The Hall–Kier alpha value is -2.83. The number of nitrogens with zero attached hydrogens (tertiary/aromatic N) is 2. The molecule has 0 aliphatic carbocycles. The van der Waals surface area contributed by atoms with Gasteiger partial charge in [0.2, 0.25) is 6.10 Å². The van der Waals surface area contributed by atoms with Crippen LogP contribution in [0.1, 0.15) is 48.5 Å². The molecule has 0 spiro atoms. The van der Waals surface area contributed by atoms with Crippen LogP contribution in [-0.4, -0.2) is 29.7 Å². The zero-order valence-electron chi connectivity index (χ0n) is 18.7. The lowest BCUT2D eigenvalue weighted by Gasteiger charge is -2.18. The standard InChI is InChI=1S/C25H29ClN2O4/c1-4-5-11-22-27-24(26)21(17-30-2)28(22)16-18-12-14-20(15-13-18)32-23(25(29)31-3)19-9-7-6-8-10-19/h6-10,12-15,23H,4-5,11,16-17H2,1-3H3. The quantitative estimate of drug-likeness (QED) is 0.363. The number of carbonyl (C=O) groups is 1.